The molecule has 0 bridgehead atoms. The maximum Gasteiger partial charge on any atom is 0.180 e. The van der Waals surface area contributed by atoms with Crippen molar-refractivity contribution in [3.05, 3.63) is 29.8 Å². The van der Waals surface area contributed by atoms with Gasteiger partial charge in [0.1, 0.15) is 30.1 Å². The Bertz CT molecular complexity index is 477. The van der Waals surface area contributed by atoms with Gasteiger partial charge in [0, 0.05) is 6.21 Å². The molecule has 5 atom stereocenters. The lowest BCUT2D eigenvalue weighted by atomic mass is 9.97. The summed E-state index contributed by atoms with van der Waals surface area (Å²) < 4.78 is 10.1. The number of aliphatic imine (C=N–C) groups is 1. The fourth-order valence-electron chi connectivity index (χ4n) is 2.11. The van der Waals surface area contributed by atoms with E-state index in [1.807, 2.05) is 0 Å². The van der Waals surface area contributed by atoms with Crippen LogP contribution >= 0.6 is 0 Å². The number of hydrogen-bond donors (Lipinski definition) is 4. The van der Waals surface area contributed by atoms with Crippen LogP contribution < -0.4 is 4.74 Å². The minimum atomic E-state index is -1.39. The zero-order valence-electron chi connectivity index (χ0n) is 11.5. The van der Waals surface area contributed by atoms with Crippen molar-refractivity contribution >= 4 is 6.21 Å². The third-order valence-corrected chi connectivity index (χ3v) is 3.38. The minimum Gasteiger partial charge on any atom is -0.497 e. The predicted molar refractivity (Wildman–Crippen MR) is 74.4 cm³/mol. The number of methoxy groups -OCH3 is 1. The van der Waals surface area contributed by atoms with Gasteiger partial charge >= 0.3 is 0 Å². The fraction of sp³-hybridized carbons (Fsp3) is 0.500. The van der Waals surface area contributed by atoms with E-state index in [0.29, 0.717) is 5.75 Å². The minimum absolute atomic E-state index is 0.496. The van der Waals surface area contributed by atoms with Gasteiger partial charge in [-0.1, -0.05) is 0 Å². The van der Waals surface area contributed by atoms with Crippen LogP contribution in [0.5, 0.6) is 5.75 Å². The summed E-state index contributed by atoms with van der Waals surface area (Å²) in [5.74, 6) is 0.703. The lowest BCUT2D eigenvalue weighted by Crippen LogP contribution is -2.57. The van der Waals surface area contributed by atoms with E-state index in [4.69, 9.17) is 14.6 Å². The first-order valence-electron chi connectivity index (χ1n) is 6.54. The molecule has 0 aromatic heterocycles. The van der Waals surface area contributed by atoms with Crippen molar-refractivity contribution in [3.63, 3.8) is 0 Å². The number of hydrogen-bond acceptors (Lipinski definition) is 7. The van der Waals surface area contributed by atoms with Crippen LogP contribution in [-0.4, -0.2) is 71.0 Å². The van der Waals surface area contributed by atoms with Gasteiger partial charge in [-0.3, -0.25) is 4.99 Å². The molecule has 4 N–H and O–H groups in total. The highest BCUT2D eigenvalue weighted by Gasteiger charge is 2.43. The second-order valence-electron chi connectivity index (χ2n) is 4.77. The van der Waals surface area contributed by atoms with Crippen LogP contribution in [0.4, 0.5) is 0 Å². The Hall–Kier alpha value is -1.51. The SMILES string of the molecule is COc1ccc(C=NC2C(O)OC(CO)[C@@H](O)[C@@H]2O)cc1. The zero-order chi connectivity index (χ0) is 15.4. The Morgan fingerprint density at radius 1 is 1.19 bits per heavy atom. The first kappa shape index (κ1) is 15.9. The van der Waals surface area contributed by atoms with E-state index < -0.39 is 37.3 Å². The van der Waals surface area contributed by atoms with Crippen molar-refractivity contribution in [1.82, 2.24) is 0 Å². The van der Waals surface area contributed by atoms with Gasteiger partial charge < -0.3 is 29.9 Å². The number of nitrogens with zero attached hydrogens (tertiary/aromatic N) is 1. The highest BCUT2D eigenvalue weighted by Crippen LogP contribution is 2.22. The quantitative estimate of drug-likeness (QED) is 0.526. The Morgan fingerprint density at radius 3 is 2.43 bits per heavy atom. The van der Waals surface area contributed by atoms with Crippen LogP contribution in [0.1, 0.15) is 5.56 Å². The van der Waals surface area contributed by atoms with Gasteiger partial charge in [0.05, 0.1) is 13.7 Å². The van der Waals surface area contributed by atoms with E-state index in [9.17, 15) is 15.3 Å². The molecule has 0 amide bonds. The van der Waals surface area contributed by atoms with Gasteiger partial charge in [0.2, 0.25) is 0 Å². The maximum absolute atomic E-state index is 9.93. The first-order chi connectivity index (χ1) is 10.1. The standard InChI is InChI=1S/C14H19NO6/c1-20-9-4-2-8(3-5-9)6-15-11-13(18)12(17)10(7-16)21-14(11)19/h2-6,10-14,16-19H,7H2,1H3/t10?,11?,12-,13-,14?/m1/s1. The number of ether oxygens (including phenoxy) is 2. The molecule has 1 saturated heterocycles. The molecule has 116 valence electrons. The van der Waals surface area contributed by atoms with Crippen molar-refractivity contribution in [1.29, 1.82) is 0 Å². The Labute approximate surface area is 122 Å². The Balaban J connectivity index is 2.08. The fourth-order valence-corrected chi connectivity index (χ4v) is 2.11. The second kappa shape index (κ2) is 6.97. The van der Waals surface area contributed by atoms with E-state index in [1.54, 1.807) is 31.4 Å². The molecule has 1 aromatic carbocycles. The molecule has 2 rings (SSSR count). The van der Waals surface area contributed by atoms with Crippen molar-refractivity contribution in [3.8, 4) is 5.75 Å². The van der Waals surface area contributed by atoms with Crippen LogP contribution in [-0.2, 0) is 4.74 Å². The van der Waals surface area contributed by atoms with Crippen LogP contribution in [0.15, 0.2) is 29.3 Å². The predicted octanol–water partition coefficient (Wildman–Crippen LogP) is -1.09. The molecule has 1 aliphatic heterocycles. The van der Waals surface area contributed by atoms with Gasteiger partial charge in [-0.15, -0.1) is 0 Å². The monoisotopic (exact) mass is 297 g/mol. The van der Waals surface area contributed by atoms with Gasteiger partial charge in [0.15, 0.2) is 6.29 Å². The van der Waals surface area contributed by atoms with Crippen molar-refractivity contribution < 1.29 is 29.9 Å². The maximum atomic E-state index is 9.93. The summed E-state index contributed by atoms with van der Waals surface area (Å²) in [6.45, 7) is -0.496. The molecular formula is C14H19NO6. The average molecular weight is 297 g/mol. The van der Waals surface area contributed by atoms with Crippen molar-refractivity contribution in [2.24, 2.45) is 4.99 Å². The summed E-state index contributed by atoms with van der Waals surface area (Å²) in [6, 6.07) is 6.00. The zero-order valence-corrected chi connectivity index (χ0v) is 11.5. The molecule has 0 aliphatic carbocycles. The molecule has 7 heteroatoms. The van der Waals surface area contributed by atoms with Crippen LogP contribution in [0.3, 0.4) is 0 Å². The van der Waals surface area contributed by atoms with Crippen LogP contribution in [0.2, 0.25) is 0 Å². The molecule has 1 fully saturated rings. The van der Waals surface area contributed by atoms with Gasteiger partial charge in [-0.05, 0) is 29.8 Å². The highest BCUT2D eigenvalue weighted by molar-refractivity contribution is 5.79. The summed E-state index contributed by atoms with van der Waals surface area (Å²) in [5, 5.41) is 38.5. The molecule has 21 heavy (non-hydrogen) atoms. The molecular weight excluding hydrogens is 278 g/mol. The van der Waals surface area contributed by atoms with Gasteiger partial charge in [-0.25, -0.2) is 0 Å². The molecule has 0 saturated carbocycles. The molecule has 0 spiro atoms. The number of aliphatic hydroxyl groups is 4. The summed E-state index contributed by atoms with van der Waals surface area (Å²) in [5.41, 5.74) is 0.744. The number of benzene rings is 1. The largest absolute Gasteiger partial charge is 0.497 e. The smallest absolute Gasteiger partial charge is 0.180 e. The lowest BCUT2D eigenvalue weighted by Gasteiger charge is -2.38. The summed E-state index contributed by atoms with van der Waals surface area (Å²) >= 11 is 0. The Morgan fingerprint density at radius 2 is 1.86 bits per heavy atom. The van der Waals surface area contributed by atoms with Crippen LogP contribution in [0, 0.1) is 0 Å². The molecule has 1 aromatic rings. The molecule has 3 unspecified atom stereocenters. The first-order valence-corrected chi connectivity index (χ1v) is 6.54. The molecule has 7 nitrogen and oxygen atoms in total. The third-order valence-electron chi connectivity index (χ3n) is 3.38. The third kappa shape index (κ3) is 3.58. The van der Waals surface area contributed by atoms with Crippen molar-refractivity contribution in [2.45, 2.75) is 30.6 Å². The van der Waals surface area contributed by atoms with E-state index in [1.165, 1.54) is 6.21 Å². The summed E-state index contributed by atoms with van der Waals surface area (Å²) in [6.07, 6.45) is -3.58. The molecule has 1 aliphatic rings. The van der Waals surface area contributed by atoms with E-state index in [-0.39, 0.29) is 0 Å². The number of aliphatic hydroxyl groups excluding tert-OH is 4. The summed E-state index contributed by atoms with van der Waals surface area (Å²) in [4.78, 5) is 4.06. The second-order valence-corrected chi connectivity index (χ2v) is 4.77. The lowest BCUT2D eigenvalue weighted by molar-refractivity contribution is -0.248. The summed E-state index contributed by atoms with van der Waals surface area (Å²) in [7, 11) is 1.56. The van der Waals surface area contributed by atoms with Crippen LogP contribution in [0.25, 0.3) is 0 Å². The van der Waals surface area contributed by atoms with E-state index in [0.717, 1.165) is 5.56 Å². The number of rotatable bonds is 4. The van der Waals surface area contributed by atoms with Crippen molar-refractivity contribution in [2.75, 3.05) is 13.7 Å². The molecule has 0 radical (unpaired) electrons. The van der Waals surface area contributed by atoms with E-state index in [2.05, 4.69) is 4.99 Å². The molecule has 1 heterocycles. The highest BCUT2D eigenvalue weighted by atomic mass is 16.6. The topological polar surface area (TPSA) is 112 Å². The van der Waals surface area contributed by atoms with E-state index >= 15 is 0 Å². The average Bonchev–Trinajstić information content (AvgIpc) is 2.51. The normalized spacial score (nSPS) is 33.3. The Kier molecular flexibility index (Phi) is 5.27. The van der Waals surface area contributed by atoms with Gasteiger partial charge in [-0.2, -0.15) is 0 Å². The van der Waals surface area contributed by atoms with Gasteiger partial charge in [0.25, 0.3) is 0 Å².